The van der Waals surface area contributed by atoms with E-state index in [2.05, 4.69) is 16.9 Å². The summed E-state index contributed by atoms with van der Waals surface area (Å²) in [5.41, 5.74) is 0.845. The summed E-state index contributed by atoms with van der Waals surface area (Å²) in [7, 11) is 2.08. The van der Waals surface area contributed by atoms with Crippen LogP contribution in [0, 0.1) is 11.3 Å². The third-order valence-electron chi connectivity index (χ3n) is 6.70. The Labute approximate surface area is 165 Å². The second kappa shape index (κ2) is 6.55. The zero-order chi connectivity index (χ0) is 19.3. The molecular weight excluding hydrogens is 352 g/mol. The van der Waals surface area contributed by atoms with Gasteiger partial charge in [0.05, 0.1) is 10.9 Å². The molecule has 3 aliphatic rings. The van der Waals surface area contributed by atoms with Crippen LogP contribution in [0.5, 0.6) is 0 Å². The number of benzene rings is 1. The molecule has 2 aromatic rings. The van der Waals surface area contributed by atoms with E-state index in [1.54, 1.807) is 6.07 Å². The van der Waals surface area contributed by atoms with Gasteiger partial charge in [-0.15, -0.1) is 0 Å². The molecule has 5 rings (SSSR count). The molecule has 3 saturated heterocycles. The van der Waals surface area contributed by atoms with Gasteiger partial charge in [-0.3, -0.25) is 9.59 Å². The number of rotatable bonds is 2. The molecule has 28 heavy (non-hydrogen) atoms. The van der Waals surface area contributed by atoms with Crippen molar-refractivity contribution in [3.63, 3.8) is 0 Å². The van der Waals surface area contributed by atoms with Gasteiger partial charge >= 0.3 is 0 Å². The minimum atomic E-state index is -0.453. The van der Waals surface area contributed by atoms with Gasteiger partial charge in [0.15, 0.2) is 0 Å². The molecular formula is C22H26N4O2. The zero-order valence-electron chi connectivity index (χ0n) is 16.3. The molecule has 0 spiro atoms. The SMILES string of the molecule is CN1C[C@H]2CN(C(=O)c3ccc4ccccc4n3)C[C@@]2(C(=O)N2CCCC2)C1. The van der Waals surface area contributed by atoms with Gasteiger partial charge in [-0.2, -0.15) is 0 Å². The molecule has 1 aromatic heterocycles. The number of amides is 2. The van der Waals surface area contributed by atoms with Gasteiger partial charge in [0.2, 0.25) is 5.91 Å². The van der Waals surface area contributed by atoms with Crippen molar-refractivity contribution in [1.29, 1.82) is 0 Å². The second-order valence-electron chi connectivity index (χ2n) is 8.62. The highest BCUT2D eigenvalue weighted by Crippen LogP contribution is 2.44. The van der Waals surface area contributed by atoms with Crippen molar-refractivity contribution >= 4 is 22.7 Å². The van der Waals surface area contributed by atoms with Crippen molar-refractivity contribution in [1.82, 2.24) is 19.7 Å². The summed E-state index contributed by atoms with van der Waals surface area (Å²) in [5.74, 6) is 0.396. The predicted molar refractivity (Wildman–Crippen MR) is 107 cm³/mol. The number of nitrogens with zero attached hydrogens (tertiary/aromatic N) is 4. The number of hydrogen-bond acceptors (Lipinski definition) is 4. The molecule has 3 aliphatic heterocycles. The Balaban J connectivity index is 1.42. The van der Waals surface area contributed by atoms with Gasteiger partial charge in [0.1, 0.15) is 5.69 Å². The van der Waals surface area contributed by atoms with Crippen LogP contribution in [-0.2, 0) is 4.79 Å². The molecule has 0 aliphatic carbocycles. The maximum atomic E-state index is 13.4. The third-order valence-corrected chi connectivity index (χ3v) is 6.70. The maximum Gasteiger partial charge on any atom is 0.272 e. The average molecular weight is 378 g/mol. The van der Waals surface area contributed by atoms with Crippen molar-refractivity contribution in [3.8, 4) is 0 Å². The van der Waals surface area contributed by atoms with Crippen molar-refractivity contribution in [2.45, 2.75) is 12.8 Å². The first-order chi connectivity index (χ1) is 13.6. The van der Waals surface area contributed by atoms with Crippen LogP contribution in [0.4, 0.5) is 0 Å². The van der Waals surface area contributed by atoms with Crippen LogP contribution in [0.15, 0.2) is 36.4 Å². The molecule has 2 amide bonds. The van der Waals surface area contributed by atoms with Gasteiger partial charge in [-0.1, -0.05) is 24.3 Å². The number of carbonyl (C=O) groups is 2. The lowest BCUT2D eigenvalue weighted by atomic mass is 9.79. The van der Waals surface area contributed by atoms with E-state index in [-0.39, 0.29) is 17.7 Å². The summed E-state index contributed by atoms with van der Waals surface area (Å²) < 4.78 is 0. The molecule has 2 atom stereocenters. The van der Waals surface area contributed by atoms with Crippen LogP contribution in [-0.4, -0.2) is 77.8 Å². The lowest BCUT2D eigenvalue weighted by Crippen LogP contribution is -2.49. The highest BCUT2D eigenvalue weighted by Gasteiger charge is 2.58. The Bertz CT molecular complexity index is 939. The lowest BCUT2D eigenvalue weighted by Gasteiger charge is -2.32. The number of aromatic nitrogens is 1. The van der Waals surface area contributed by atoms with E-state index in [0.717, 1.165) is 49.9 Å². The molecule has 3 fully saturated rings. The zero-order valence-corrected chi connectivity index (χ0v) is 16.3. The van der Waals surface area contributed by atoms with Gasteiger partial charge in [-0.05, 0) is 32.0 Å². The molecule has 0 N–H and O–H groups in total. The summed E-state index contributed by atoms with van der Waals surface area (Å²) in [4.78, 5) is 37.3. The summed E-state index contributed by atoms with van der Waals surface area (Å²) in [6.45, 7) is 4.47. The highest BCUT2D eigenvalue weighted by molar-refractivity contribution is 5.96. The standard InChI is InChI=1S/C22H26N4O2/c1-24-12-17-13-26(15-22(17,14-24)21(28)25-10-4-5-11-25)20(27)19-9-8-16-6-2-3-7-18(16)23-19/h2-3,6-9,17H,4-5,10-15H2,1H3/t17-,22-/m0/s1. The number of pyridine rings is 1. The Kier molecular flexibility index (Phi) is 4.12. The fourth-order valence-corrected chi connectivity index (χ4v) is 5.36. The molecule has 0 unspecified atom stereocenters. The van der Waals surface area contributed by atoms with E-state index in [1.807, 2.05) is 40.1 Å². The van der Waals surface area contributed by atoms with E-state index in [4.69, 9.17) is 0 Å². The summed E-state index contributed by atoms with van der Waals surface area (Å²) in [6, 6.07) is 11.6. The Morgan fingerprint density at radius 3 is 2.61 bits per heavy atom. The highest BCUT2D eigenvalue weighted by atomic mass is 16.2. The molecule has 0 radical (unpaired) electrons. The molecule has 0 saturated carbocycles. The van der Waals surface area contributed by atoms with Crippen LogP contribution < -0.4 is 0 Å². The molecule has 0 bridgehead atoms. The van der Waals surface area contributed by atoms with E-state index in [1.165, 1.54) is 0 Å². The summed E-state index contributed by atoms with van der Waals surface area (Å²) in [5, 5.41) is 1.03. The molecule has 1 aromatic carbocycles. The Morgan fingerprint density at radius 2 is 1.79 bits per heavy atom. The summed E-state index contributed by atoms with van der Waals surface area (Å²) >= 11 is 0. The van der Waals surface area contributed by atoms with Crippen LogP contribution >= 0.6 is 0 Å². The largest absolute Gasteiger partial charge is 0.342 e. The predicted octanol–water partition coefficient (Wildman–Crippen LogP) is 1.86. The topological polar surface area (TPSA) is 56.8 Å². The van der Waals surface area contributed by atoms with E-state index in [9.17, 15) is 9.59 Å². The minimum Gasteiger partial charge on any atom is -0.342 e. The number of hydrogen-bond donors (Lipinski definition) is 0. The third kappa shape index (κ3) is 2.70. The van der Waals surface area contributed by atoms with Gasteiger partial charge in [-0.25, -0.2) is 4.98 Å². The van der Waals surface area contributed by atoms with Gasteiger partial charge < -0.3 is 14.7 Å². The maximum absolute atomic E-state index is 13.4. The fourth-order valence-electron chi connectivity index (χ4n) is 5.36. The van der Waals surface area contributed by atoms with Crippen molar-refractivity contribution in [3.05, 3.63) is 42.1 Å². The number of carbonyl (C=O) groups excluding carboxylic acids is 2. The van der Waals surface area contributed by atoms with E-state index >= 15 is 0 Å². The number of fused-ring (bicyclic) bond motifs is 2. The smallest absolute Gasteiger partial charge is 0.272 e. The van der Waals surface area contributed by atoms with Crippen LogP contribution in [0.3, 0.4) is 0 Å². The number of para-hydroxylation sites is 1. The number of likely N-dealkylation sites (tertiary alicyclic amines) is 3. The normalized spacial score (nSPS) is 27.5. The molecule has 4 heterocycles. The lowest BCUT2D eigenvalue weighted by molar-refractivity contribution is -0.141. The monoisotopic (exact) mass is 378 g/mol. The minimum absolute atomic E-state index is 0.0589. The second-order valence-corrected chi connectivity index (χ2v) is 8.62. The molecule has 146 valence electrons. The summed E-state index contributed by atoms with van der Waals surface area (Å²) in [6.07, 6.45) is 2.18. The van der Waals surface area contributed by atoms with Crippen LogP contribution in [0.2, 0.25) is 0 Å². The first-order valence-corrected chi connectivity index (χ1v) is 10.2. The first-order valence-electron chi connectivity index (χ1n) is 10.2. The van der Waals surface area contributed by atoms with Crippen molar-refractivity contribution in [2.24, 2.45) is 11.3 Å². The fraction of sp³-hybridized carbons (Fsp3) is 0.500. The van der Waals surface area contributed by atoms with Crippen molar-refractivity contribution < 1.29 is 9.59 Å². The van der Waals surface area contributed by atoms with E-state index in [0.29, 0.717) is 18.8 Å². The molecule has 6 heteroatoms. The Hall–Kier alpha value is -2.47. The average Bonchev–Trinajstić information content (AvgIpc) is 3.41. The molecule has 6 nitrogen and oxygen atoms in total. The van der Waals surface area contributed by atoms with Gasteiger partial charge in [0, 0.05) is 50.6 Å². The van der Waals surface area contributed by atoms with E-state index < -0.39 is 5.41 Å². The van der Waals surface area contributed by atoms with Gasteiger partial charge in [0.25, 0.3) is 5.91 Å². The van der Waals surface area contributed by atoms with Crippen LogP contribution in [0.25, 0.3) is 10.9 Å². The van der Waals surface area contributed by atoms with Crippen LogP contribution in [0.1, 0.15) is 23.3 Å². The first kappa shape index (κ1) is 17.6. The Morgan fingerprint density at radius 1 is 1.00 bits per heavy atom. The quantitative estimate of drug-likeness (QED) is 0.801. The van der Waals surface area contributed by atoms with Crippen molar-refractivity contribution in [2.75, 3.05) is 46.3 Å².